The Bertz CT molecular complexity index is 356. The number of carbonyl (C=O) groups excluding carboxylic acids is 1. The SMILES string of the molecule is Cn1cccc1C1(C)CC(=O)CCN1. The highest BCUT2D eigenvalue weighted by molar-refractivity contribution is 5.80. The molecule has 76 valence electrons. The molecule has 14 heavy (non-hydrogen) atoms. The van der Waals surface area contributed by atoms with Gasteiger partial charge >= 0.3 is 0 Å². The first-order valence-electron chi connectivity index (χ1n) is 5.00. The number of nitrogens with one attached hydrogen (secondary N) is 1. The van der Waals surface area contributed by atoms with Crippen LogP contribution in [-0.4, -0.2) is 16.9 Å². The van der Waals surface area contributed by atoms with Crippen molar-refractivity contribution in [3.05, 3.63) is 24.0 Å². The third kappa shape index (κ3) is 1.48. The van der Waals surface area contributed by atoms with Crippen LogP contribution in [0.3, 0.4) is 0 Å². The second-order valence-electron chi connectivity index (χ2n) is 4.23. The molecule has 2 heterocycles. The highest BCUT2D eigenvalue weighted by Crippen LogP contribution is 2.27. The van der Waals surface area contributed by atoms with Gasteiger partial charge in [-0.3, -0.25) is 4.79 Å². The number of hydrogen-bond donors (Lipinski definition) is 1. The predicted molar refractivity (Wildman–Crippen MR) is 55.0 cm³/mol. The van der Waals surface area contributed by atoms with Crippen LogP contribution >= 0.6 is 0 Å². The first-order valence-corrected chi connectivity index (χ1v) is 5.00. The number of piperidine rings is 1. The van der Waals surface area contributed by atoms with Crippen molar-refractivity contribution >= 4 is 5.78 Å². The van der Waals surface area contributed by atoms with Gasteiger partial charge in [0.05, 0.1) is 5.54 Å². The second kappa shape index (κ2) is 3.24. The zero-order valence-electron chi connectivity index (χ0n) is 8.71. The molecule has 0 radical (unpaired) electrons. The van der Waals surface area contributed by atoms with Crippen molar-refractivity contribution in [2.24, 2.45) is 7.05 Å². The molecule has 0 spiro atoms. The smallest absolute Gasteiger partial charge is 0.136 e. The molecule has 3 nitrogen and oxygen atoms in total. The molecule has 3 heteroatoms. The molecule has 0 amide bonds. The molecule has 1 unspecified atom stereocenters. The maximum Gasteiger partial charge on any atom is 0.136 e. The Balaban J connectivity index is 2.31. The number of aromatic nitrogens is 1. The Labute approximate surface area is 84.1 Å². The van der Waals surface area contributed by atoms with E-state index in [1.165, 1.54) is 5.69 Å². The molecule has 0 aromatic carbocycles. The van der Waals surface area contributed by atoms with Crippen molar-refractivity contribution in [2.45, 2.75) is 25.3 Å². The van der Waals surface area contributed by atoms with Crippen LogP contribution in [0, 0.1) is 0 Å². The first kappa shape index (κ1) is 9.46. The predicted octanol–water partition coefficient (Wildman–Crippen LogP) is 1.19. The lowest BCUT2D eigenvalue weighted by Crippen LogP contribution is -2.47. The van der Waals surface area contributed by atoms with Gasteiger partial charge < -0.3 is 9.88 Å². The largest absolute Gasteiger partial charge is 0.353 e. The minimum Gasteiger partial charge on any atom is -0.353 e. The first-order chi connectivity index (χ1) is 6.62. The normalized spacial score (nSPS) is 28.0. The van der Waals surface area contributed by atoms with Crippen LogP contribution in [0.2, 0.25) is 0 Å². The summed E-state index contributed by atoms with van der Waals surface area (Å²) in [5.74, 6) is 0.354. The van der Waals surface area contributed by atoms with Gasteiger partial charge in [-0.15, -0.1) is 0 Å². The Morgan fingerprint density at radius 1 is 1.57 bits per heavy atom. The summed E-state index contributed by atoms with van der Waals surface area (Å²) in [5, 5.41) is 3.43. The van der Waals surface area contributed by atoms with Gasteiger partial charge in [-0.25, -0.2) is 0 Å². The molecular formula is C11H16N2O. The summed E-state index contributed by atoms with van der Waals surface area (Å²) >= 11 is 0. The molecule has 0 aliphatic carbocycles. The molecule has 1 aliphatic heterocycles. The van der Waals surface area contributed by atoms with Crippen LogP contribution in [0.25, 0.3) is 0 Å². The molecule has 0 bridgehead atoms. The fourth-order valence-electron chi connectivity index (χ4n) is 2.24. The zero-order chi connectivity index (χ0) is 10.2. The number of ketones is 1. The average Bonchev–Trinajstić information content (AvgIpc) is 2.51. The van der Waals surface area contributed by atoms with E-state index in [1.54, 1.807) is 0 Å². The summed E-state index contributed by atoms with van der Waals surface area (Å²) in [7, 11) is 2.02. The minimum atomic E-state index is -0.173. The van der Waals surface area contributed by atoms with Gasteiger partial charge in [-0.05, 0) is 19.1 Å². The maximum atomic E-state index is 11.4. The highest BCUT2D eigenvalue weighted by atomic mass is 16.1. The van der Waals surface area contributed by atoms with Gasteiger partial charge in [-0.1, -0.05) is 0 Å². The van der Waals surface area contributed by atoms with E-state index in [2.05, 4.69) is 22.9 Å². The number of nitrogens with zero attached hydrogens (tertiary/aromatic N) is 1. The van der Waals surface area contributed by atoms with E-state index in [1.807, 2.05) is 19.3 Å². The molecule has 1 atom stereocenters. The summed E-state index contributed by atoms with van der Waals surface area (Å²) in [6.07, 6.45) is 3.28. The molecule has 1 aromatic rings. The Morgan fingerprint density at radius 3 is 2.93 bits per heavy atom. The maximum absolute atomic E-state index is 11.4. The van der Waals surface area contributed by atoms with E-state index >= 15 is 0 Å². The Morgan fingerprint density at radius 2 is 2.36 bits per heavy atom. The molecule has 1 aromatic heterocycles. The lowest BCUT2D eigenvalue weighted by molar-refractivity contribution is -0.122. The third-order valence-electron chi connectivity index (χ3n) is 2.98. The van der Waals surface area contributed by atoms with Gasteiger partial charge in [-0.2, -0.15) is 0 Å². The molecule has 1 aliphatic rings. The fraction of sp³-hybridized carbons (Fsp3) is 0.545. The summed E-state index contributed by atoms with van der Waals surface area (Å²) in [6, 6.07) is 4.09. The fourth-order valence-corrected chi connectivity index (χ4v) is 2.24. The van der Waals surface area contributed by atoms with Crippen molar-refractivity contribution in [2.75, 3.05) is 6.54 Å². The molecule has 1 fully saturated rings. The van der Waals surface area contributed by atoms with Crippen molar-refractivity contribution in [1.29, 1.82) is 0 Å². The van der Waals surface area contributed by atoms with Crippen molar-refractivity contribution in [3.63, 3.8) is 0 Å². The van der Waals surface area contributed by atoms with Crippen LogP contribution in [-0.2, 0) is 17.4 Å². The lowest BCUT2D eigenvalue weighted by atomic mass is 9.87. The number of aryl methyl sites for hydroxylation is 1. The van der Waals surface area contributed by atoms with Crippen molar-refractivity contribution in [1.82, 2.24) is 9.88 Å². The van der Waals surface area contributed by atoms with Gasteiger partial charge in [0.1, 0.15) is 5.78 Å². The highest BCUT2D eigenvalue weighted by Gasteiger charge is 2.33. The van der Waals surface area contributed by atoms with Gasteiger partial charge in [0.2, 0.25) is 0 Å². The van der Waals surface area contributed by atoms with E-state index < -0.39 is 0 Å². The third-order valence-corrected chi connectivity index (χ3v) is 2.98. The summed E-state index contributed by atoms with van der Waals surface area (Å²) < 4.78 is 2.08. The van der Waals surface area contributed by atoms with Crippen LogP contribution in [0.5, 0.6) is 0 Å². The Hall–Kier alpha value is -1.09. The van der Waals surface area contributed by atoms with E-state index in [0.29, 0.717) is 18.6 Å². The van der Waals surface area contributed by atoms with Crippen LogP contribution in [0.15, 0.2) is 18.3 Å². The summed E-state index contributed by atoms with van der Waals surface area (Å²) in [4.78, 5) is 11.4. The van der Waals surface area contributed by atoms with Gasteiger partial charge in [0.15, 0.2) is 0 Å². The van der Waals surface area contributed by atoms with Crippen molar-refractivity contribution < 1.29 is 4.79 Å². The van der Waals surface area contributed by atoms with Crippen LogP contribution in [0.4, 0.5) is 0 Å². The van der Waals surface area contributed by atoms with Crippen LogP contribution in [0.1, 0.15) is 25.5 Å². The standard InChI is InChI=1S/C11H16N2O/c1-11(8-9(14)5-6-12-11)10-4-3-7-13(10)2/h3-4,7,12H,5-6,8H2,1-2H3. The molecule has 0 saturated carbocycles. The van der Waals surface area contributed by atoms with E-state index in [-0.39, 0.29) is 5.54 Å². The Kier molecular flexibility index (Phi) is 2.19. The molecule has 1 N–H and O–H groups in total. The van der Waals surface area contributed by atoms with Gasteiger partial charge in [0, 0.05) is 38.3 Å². The monoisotopic (exact) mass is 192 g/mol. The quantitative estimate of drug-likeness (QED) is 0.725. The topological polar surface area (TPSA) is 34.0 Å². The van der Waals surface area contributed by atoms with E-state index in [0.717, 1.165) is 6.54 Å². The number of rotatable bonds is 1. The average molecular weight is 192 g/mol. The number of Topliss-reactive ketones (excluding diaryl/α,β-unsaturated/α-hetero) is 1. The zero-order valence-corrected chi connectivity index (χ0v) is 8.71. The lowest BCUT2D eigenvalue weighted by Gasteiger charge is -2.34. The summed E-state index contributed by atoms with van der Waals surface area (Å²) in [5.41, 5.74) is 1.01. The number of carbonyl (C=O) groups is 1. The van der Waals surface area contributed by atoms with Gasteiger partial charge in [0.25, 0.3) is 0 Å². The molecule has 1 saturated heterocycles. The number of hydrogen-bond acceptors (Lipinski definition) is 2. The second-order valence-corrected chi connectivity index (χ2v) is 4.23. The van der Waals surface area contributed by atoms with E-state index in [9.17, 15) is 4.79 Å². The summed E-state index contributed by atoms with van der Waals surface area (Å²) in [6.45, 7) is 2.89. The van der Waals surface area contributed by atoms with E-state index in [4.69, 9.17) is 0 Å². The molecule has 2 rings (SSSR count). The van der Waals surface area contributed by atoms with Crippen molar-refractivity contribution in [3.8, 4) is 0 Å². The van der Waals surface area contributed by atoms with Crippen LogP contribution < -0.4 is 5.32 Å². The molecular weight excluding hydrogens is 176 g/mol. The minimum absolute atomic E-state index is 0.173.